The second kappa shape index (κ2) is 3.56. The van der Waals surface area contributed by atoms with E-state index >= 15 is 0 Å². The molecule has 1 aliphatic rings. The van der Waals surface area contributed by atoms with Crippen molar-refractivity contribution in [1.82, 2.24) is 5.32 Å². The summed E-state index contributed by atoms with van der Waals surface area (Å²) in [6.07, 6.45) is 2.20. The van der Waals surface area contributed by atoms with Gasteiger partial charge in [0.05, 0.1) is 0 Å². The molecule has 0 aromatic carbocycles. The zero-order valence-corrected chi connectivity index (χ0v) is 7.81. The van der Waals surface area contributed by atoms with Crippen LogP contribution in [0, 0.1) is 0 Å². The fourth-order valence-corrected chi connectivity index (χ4v) is 2.47. The van der Waals surface area contributed by atoms with E-state index in [0.29, 0.717) is 12.1 Å². The Morgan fingerprint density at radius 3 is 3.17 bits per heavy atom. The van der Waals surface area contributed by atoms with Gasteiger partial charge in [-0.3, -0.25) is 0 Å². The summed E-state index contributed by atoms with van der Waals surface area (Å²) in [7, 11) is 0. The lowest BCUT2D eigenvalue weighted by Crippen LogP contribution is -2.38. The molecule has 2 heterocycles. The summed E-state index contributed by atoms with van der Waals surface area (Å²) >= 11 is 1.81. The van der Waals surface area contributed by atoms with Gasteiger partial charge in [0.25, 0.3) is 0 Å². The Morgan fingerprint density at radius 1 is 1.58 bits per heavy atom. The topological polar surface area (TPSA) is 38.0 Å². The summed E-state index contributed by atoms with van der Waals surface area (Å²) in [4.78, 5) is 1.42. The van der Waals surface area contributed by atoms with Crippen molar-refractivity contribution in [3.63, 3.8) is 0 Å². The molecule has 3 N–H and O–H groups in total. The molecule has 1 saturated heterocycles. The van der Waals surface area contributed by atoms with Crippen LogP contribution >= 0.6 is 11.3 Å². The Bertz CT molecular complexity index is 233. The number of piperidine rings is 1. The first-order valence-electron chi connectivity index (χ1n) is 4.38. The van der Waals surface area contributed by atoms with Crippen molar-refractivity contribution in [2.24, 2.45) is 5.73 Å². The highest BCUT2D eigenvalue weighted by Gasteiger charge is 2.20. The first kappa shape index (κ1) is 8.23. The Balaban J connectivity index is 2.04. The summed E-state index contributed by atoms with van der Waals surface area (Å²) < 4.78 is 0. The van der Waals surface area contributed by atoms with E-state index in [0.717, 1.165) is 19.4 Å². The van der Waals surface area contributed by atoms with Crippen LogP contribution in [0.4, 0.5) is 0 Å². The Hall–Kier alpha value is -0.380. The van der Waals surface area contributed by atoms with E-state index in [4.69, 9.17) is 5.73 Å². The molecule has 1 aromatic heterocycles. The van der Waals surface area contributed by atoms with Crippen LogP contribution in [0.1, 0.15) is 23.8 Å². The molecule has 1 aromatic rings. The van der Waals surface area contributed by atoms with Gasteiger partial charge in [0.2, 0.25) is 0 Å². The molecule has 2 nitrogen and oxygen atoms in total. The Morgan fingerprint density at radius 2 is 2.50 bits per heavy atom. The van der Waals surface area contributed by atoms with Gasteiger partial charge < -0.3 is 11.1 Å². The molecule has 0 radical (unpaired) electrons. The largest absolute Gasteiger partial charge is 0.328 e. The molecule has 2 unspecified atom stereocenters. The fraction of sp³-hybridized carbons (Fsp3) is 0.556. The third-order valence-electron chi connectivity index (χ3n) is 2.33. The normalized spacial score (nSPS) is 30.4. The van der Waals surface area contributed by atoms with E-state index in [2.05, 4.69) is 22.8 Å². The number of hydrogen-bond donors (Lipinski definition) is 2. The lowest BCUT2D eigenvalue weighted by Gasteiger charge is -2.27. The first-order valence-corrected chi connectivity index (χ1v) is 5.26. The number of hydrogen-bond acceptors (Lipinski definition) is 3. The molecule has 0 saturated carbocycles. The van der Waals surface area contributed by atoms with Gasteiger partial charge in [-0.05, 0) is 30.8 Å². The van der Waals surface area contributed by atoms with Gasteiger partial charge in [0.15, 0.2) is 0 Å². The highest BCUT2D eigenvalue weighted by atomic mass is 32.1. The lowest BCUT2D eigenvalue weighted by atomic mass is 9.99. The minimum Gasteiger partial charge on any atom is -0.328 e. The van der Waals surface area contributed by atoms with Crippen LogP contribution < -0.4 is 11.1 Å². The first-order chi connectivity index (χ1) is 5.86. The summed E-state index contributed by atoms with van der Waals surface area (Å²) in [5.41, 5.74) is 5.90. The lowest BCUT2D eigenvalue weighted by molar-refractivity contribution is 0.373. The van der Waals surface area contributed by atoms with E-state index in [1.54, 1.807) is 0 Å². The van der Waals surface area contributed by atoms with Crippen molar-refractivity contribution < 1.29 is 0 Å². The highest BCUT2D eigenvalue weighted by Crippen LogP contribution is 2.25. The second-order valence-electron chi connectivity index (χ2n) is 3.31. The quantitative estimate of drug-likeness (QED) is 0.690. The fourth-order valence-electron chi connectivity index (χ4n) is 1.65. The second-order valence-corrected chi connectivity index (χ2v) is 4.29. The maximum Gasteiger partial charge on any atom is 0.0429 e. The number of rotatable bonds is 1. The number of nitrogens with one attached hydrogen (secondary N) is 1. The molecule has 2 rings (SSSR count). The summed E-state index contributed by atoms with van der Waals surface area (Å²) in [5.74, 6) is 0. The highest BCUT2D eigenvalue weighted by molar-refractivity contribution is 7.10. The van der Waals surface area contributed by atoms with Gasteiger partial charge >= 0.3 is 0 Å². The average Bonchev–Trinajstić information content (AvgIpc) is 2.56. The molecule has 66 valence electrons. The molecular formula is C9H14N2S. The van der Waals surface area contributed by atoms with Gasteiger partial charge in [0.1, 0.15) is 0 Å². The van der Waals surface area contributed by atoms with E-state index in [-0.39, 0.29) is 0 Å². The summed E-state index contributed by atoms with van der Waals surface area (Å²) in [6.45, 7) is 1.06. The molecule has 0 aliphatic carbocycles. The van der Waals surface area contributed by atoms with Crippen molar-refractivity contribution in [2.45, 2.75) is 24.9 Å². The van der Waals surface area contributed by atoms with Crippen LogP contribution in [0.25, 0.3) is 0 Å². The maximum atomic E-state index is 5.90. The number of thiophene rings is 1. The van der Waals surface area contributed by atoms with Crippen LogP contribution in [0.5, 0.6) is 0 Å². The van der Waals surface area contributed by atoms with E-state index in [1.807, 2.05) is 11.3 Å². The average molecular weight is 182 g/mol. The smallest absolute Gasteiger partial charge is 0.0429 e. The standard InChI is InChI=1S/C9H14N2S/c10-7-3-4-11-8(6-7)9-2-1-5-12-9/h1-2,5,7-8,11H,3-4,6,10H2. The zero-order chi connectivity index (χ0) is 8.39. The molecule has 12 heavy (non-hydrogen) atoms. The van der Waals surface area contributed by atoms with Gasteiger partial charge in [-0.1, -0.05) is 6.07 Å². The summed E-state index contributed by atoms with van der Waals surface area (Å²) in [6, 6.07) is 5.18. The molecule has 0 spiro atoms. The van der Waals surface area contributed by atoms with Gasteiger partial charge in [-0.15, -0.1) is 11.3 Å². The van der Waals surface area contributed by atoms with Gasteiger partial charge in [0, 0.05) is 17.0 Å². The molecule has 3 heteroatoms. The van der Waals surface area contributed by atoms with Crippen molar-refractivity contribution >= 4 is 11.3 Å². The van der Waals surface area contributed by atoms with Gasteiger partial charge in [-0.2, -0.15) is 0 Å². The predicted molar refractivity (Wildman–Crippen MR) is 52.3 cm³/mol. The van der Waals surface area contributed by atoms with Crippen LogP contribution in [-0.2, 0) is 0 Å². The van der Waals surface area contributed by atoms with Crippen LogP contribution in [0.3, 0.4) is 0 Å². The molecule has 0 bridgehead atoms. The van der Waals surface area contributed by atoms with E-state index in [1.165, 1.54) is 4.88 Å². The molecule has 1 aliphatic heterocycles. The third kappa shape index (κ3) is 1.68. The summed E-state index contributed by atoms with van der Waals surface area (Å²) in [5, 5.41) is 5.60. The van der Waals surface area contributed by atoms with Crippen molar-refractivity contribution in [3.05, 3.63) is 22.4 Å². The third-order valence-corrected chi connectivity index (χ3v) is 3.32. The molecule has 0 amide bonds. The minimum atomic E-state index is 0.387. The van der Waals surface area contributed by atoms with E-state index < -0.39 is 0 Å². The van der Waals surface area contributed by atoms with Crippen molar-refractivity contribution in [2.75, 3.05) is 6.54 Å². The van der Waals surface area contributed by atoms with Gasteiger partial charge in [-0.25, -0.2) is 0 Å². The zero-order valence-electron chi connectivity index (χ0n) is 6.99. The number of nitrogens with two attached hydrogens (primary N) is 1. The minimum absolute atomic E-state index is 0.387. The van der Waals surface area contributed by atoms with Crippen LogP contribution in [-0.4, -0.2) is 12.6 Å². The SMILES string of the molecule is NC1CCNC(c2cccs2)C1. The van der Waals surface area contributed by atoms with Crippen molar-refractivity contribution in [1.29, 1.82) is 0 Å². The van der Waals surface area contributed by atoms with Crippen LogP contribution in [0.2, 0.25) is 0 Å². The van der Waals surface area contributed by atoms with Crippen molar-refractivity contribution in [3.8, 4) is 0 Å². The predicted octanol–water partition coefficient (Wildman–Crippen LogP) is 1.50. The Kier molecular flexibility index (Phi) is 2.44. The Labute approximate surface area is 76.8 Å². The maximum absolute atomic E-state index is 5.90. The monoisotopic (exact) mass is 182 g/mol. The molecule has 1 fully saturated rings. The van der Waals surface area contributed by atoms with Crippen LogP contribution in [0.15, 0.2) is 17.5 Å². The molecule has 2 atom stereocenters. The molecular weight excluding hydrogens is 168 g/mol. The van der Waals surface area contributed by atoms with E-state index in [9.17, 15) is 0 Å².